The predicted molar refractivity (Wildman–Crippen MR) is 103 cm³/mol. The van der Waals surface area contributed by atoms with Crippen molar-refractivity contribution < 1.29 is 18.6 Å². The van der Waals surface area contributed by atoms with Gasteiger partial charge in [0.2, 0.25) is 5.88 Å². The van der Waals surface area contributed by atoms with E-state index in [0.717, 1.165) is 5.56 Å². The number of rotatable bonds is 4. The van der Waals surface area contributed by atoms with Gasteiger partial charge < -0.3 is 9.84 Å². The second-order valence-corrected chi connectivity index (χ2v) is 8.37. The van der Waals surface area contributed by atoms with Crippen molar-refractivity contribution in [3.8, 4) is 33.5 Å². The highest BCUT2D eigenvalue weighted by Crippen LogP contribution is 2.46. The number of alkyl halides is 2. The molecule has 9 heteroatoms. The van der Waals surface area contributed by atoms with Gasteiger partial charge in [-0.1, -0.05) is 17.4 Å². The number of halogens is 2. The van der Waals surface area contributed by atoms with E-state index in [0.29, 0.717) is 35.5 Å². The maximum Gasteiger partial charge on any atom is 0.233 e. The molecule has 2 saturated carbocycles. The third-order valence-electron chi connectivity index (χ3n) is 5.82. The molecule has 1 aromatic carbocycles. The molecule has 1 N–H and O–H groups in total. The topological polar surface area (TPSA) is 81.0 Å². The molecular formula is C20H18F2N4O2S. The van der Waals surface area contributed by atoms with E-state index in [2.05, 4.69) is 20.4 Å². The Labute approximate surface area is 169 Å². The molecule has 2 aromatic heterocycles. The lowest BCUT2D eigenvalue weighted by Crippen LogP contribution is -2.47. The number of aromatic hydroxyl groups is 1. The third-order valence-corrected chi connectivity index (χ3v) is 6.56. The molecule has 2 aliphatic rings. The molecule has 29 heavy (non-hydrogen) atoms. The van der Waals surface area contributed by atoms with Crippen LogP contribution < -0.4 is 4.74 Å². The molecule has 3 aromatic rings. The number of hydrogen-bond acceptors (Lipinski definition) is 7. The van der Waals surface area contributed by atoms with Crippen LogP contribution in [0.1, 0.15) is 19.3 Å². The van der Waals surface area contributed by atoms with Crippen molar-refractivity contribution in [2.75, 3.05) is 0 Å². The Morgan fingerprint density at radius 3 is 2.41 bits per heavy atom. The van der Waals surface area contributed by atoms with E-state index in [1.165, 1.54) is 17.4 Å². The molecular weight excluding hydrogens is 398 g/mol. The van der Waals surface area contributed by atoms with Gasteiger partial charge in [-0.05, 0) is 49.3 Å². The average Bonchev–Trinajstić information content (AvgIpc) is 3.42. The highest BCUT2D eigenvalue weighted by atomic mass is 32.1. The minimum Gasteiger partial charge on any atom is -0.507 e. The zero-order chi connectivity index (χ0) is 20.0. The molecule has 0 saturated heterocycles. The van der Waals surface area contributed by atoms with Crippen LogP contribution in [0.3, 0.4) is 0 Å². The fourth-order valence-corrected chi connectivity index (χ4v) is 4.87. The van der Waals surface area contributed by atoms with Crippen molar-refractivity contribution in [3.63, 3.8) is 0 Å². The molecule has 2 bridgehead atoms. The number of aromatic nitrogens is 4. The number of hydrogen-bond donors (Lipinski definition) is 1. The van der Waals surface area contributed by atoms with Crippen LogP contribution in [0.5, 0.6) is 11.6 Å². The van der Waals surface area contributed by atoms with E-state index in [1.54, 1.807) is 29.8 Å². The van der Waals surface area contributed by atoms with Crippen molar-refractivity contribution in [1.29, 1.82) is 0 Å². The number of phenols is 1. The second kappa shape index (κ2) is 7.29. The molecule has 6 nitrogen and oxygen atoms in total. The Balaban J connectivity index is 1.34. The summed E-state index contributed by atoms with van der Waals surface area (Å²) in [4.78, 5) is 0. The van der Waals surface area contributed by atoms with Crippen molar-refractivity contribution in [2.45, 2.75) is 37.7 Å². The highest BCUT2D eigenvalue weighted by molar-refractivity contribution is 7.12. The number of fused-ring (bicyclic) bond motifs is 2. The molecule has 2 aliphatic carbocycles. The molecule has 0 unspecified atom stereocenters. The van der Waals surface area contributed by atoms with Gasteiger partial charge in [0.15, 0.2) is 6.10 Å². The van der Waals surface area contributed by atoms with E-state index < -0.39 is 18.4 Å². The molecule has 0 amide bonds. The SMILES string of the molecule is Oc1cc(-c2nncs2)ccc1-c1ccc(O[C@@H]2[C@H](F)[C@H]3CC[C@H](C3)[C@@H]2F)nn1. The van der Waals surface area contributed by atoms with E-state index in [4.69, 9.17) is 4.74 Å². The van der Waals surface area contributed by atoms with Crippen LogP contribution in [-0.2, 0) is 0 Å². The van der Waals surface area contributed by atoms with Gasteiger partial charge in [0, 0.05) is 17.2 Å². The molecule has 150 valence electrons. The van der Waals surface area contributed by atoms with Crippen LogP contribution in [0.2, 0.25) is 0 Å². The van der Waals surface area contributed by atoms with E-state index >= 15 is 0 Å². The van der Waals surface area contributed by atoms with Crippen LogP contribution in [0.4, 0.5) is 8.78 Å². The van der Waals surface area contributed by atoms with Gasteiger partial charge in [-0.2, -0.15) is 0 Å². The molecule has 5 rings (SSSR count). The summed E-state index contributed by atoms with van der Waals surface area (Å²) in [5.41, 5.74) is 3.28. The minimum absolute atomic E-state index is 0.0252. The lowest BCUT2D eigenvalue weighted by atomic mass is 9.84. The summed E-state index contributed by atoms with van der Waals surface area (Å²) in [7, 11) is 0. The van der Waals surface area contributed by atoms with Gasteiger partial charge in [-0.3, -0.25) is 0 Å². The number of phenolic OH excluding ortho intramolecular Hbond substituents is 1. The van der Waals surface area contributed by atoms with Crippen molar-refractivity contribution >= 4 is 11.3 Å². The lowest BCUT2D eigenvalue weighted by molar-refractivity contribution is -0.0384. The van der Waals surface area contributed by atoms with Crippen molar-refractivity contribution in [1.82, 2.24) is 20.4 Å². The van der Waals surface area contributed by atoms with Gasteiger partial charge in [0.05, 0.1) is 5.69 Å². The zero-order valence-corrected chi connectivity index (χ0v) is 16.1. The summed E-state index contributed by atoms with van der Waals surface area (Å²) in [5, 5.41) is 26.9. The van der Waals surface area contributed by atoms with Crippen LogP contribution in [0, 0.1) is 11.8 Å². The molecule has 0 spiro atoms. The van der Waals surface area contributed by atoms with Gasteiger partial charge in [-0.15, -0.1) is 20.4 Å². The Morgan fingerprint density at radius 1 is 1.00 bits per heavy atom. The summed E-state index contributed by atoms with van der Waals surface area (Å²) in [6, 6.07) is 8.24. The summed E-state index contributed by atoms with van der Waals surface area (Å²) < 4.78 is 34.7. The first-order valence-electron chi connectivity index (χ1n) is 9.48. The first kappa shape index (κ1) is 18.4. The second-order valence-electron chi connectivity index (χ2n) is 7.54. The number of ether oxygens (including phenoxy) is 1. The lowest BCUT2D eigenvalue weighted by Gasteiger charge is -2.34. The number of nitrogens with zero attached hydrogens (tertiary/aromatic N) is 4. The minimum atomic E-state index is -1.33. The molecule has 0 radical (unpaired) electrons. The largest absolute Gasteiger partial charge is 0.507 e. The fourth-order valence-electron chi connectivity index (χ4n) is 4.32. The fraction of sp³-hybridized carbons (Fsp3) is 0.400. The Kier molecular flexibility index (Phi) is 4.61. The standard InChI is InChI=1S/C20H18F2N4O2S/c21-17-10-1-2-11(7-10)18(22)19(17)28-16-6-5-14(24-25-16)13-4-3-12(8-15(13)27)20-26-23-9-29-20/h3-6,8-11,17-19,27H,1-2,7H2/t10-,11+,17+,18-,19+. The summed E-state index contributed by atoms with van der Waals surface area (Å²) in [6.45, 7) is 0. The third kappa shape index (κ3) is 3.33. The first-order valence-corrected chi connectivity index (χ1v) is 10.4. The highest BCUT2D eigenvalue weighted by Gasteiger charge is 2.50. The van der Waals surface area contributed by atoms with Crippen LogP contribution in [0.15, 0.2) is 35.8 Å². The Bertz CT molecular complexity index is 986. The van der Waals surface area contributed by atoms with Gasteiger partial charge in [0.25, 0.3) is 0 Å². The Morgan fingerprint density at radius 2 is 1.79 bits per heavy atom. The maximum absolute atomic E-state index is 14.6. The van der Waals surface area contributed by atoms with E-state index in [9.17, 15) is 13.9 Å². The van der Waals surface area contributed by atoms with Crippen LogP contribution in [0.25, 0.3) is 21.8 Å². The molecule has 2 fully saturated rings. The molecule has 2 heterocycles. The van der Waals surface area contributed by atoms with Gasteiger partial charge in [-0.25, -0.2) is 8.78 Å². The summed E-state index contributed by atoms with van der Waals surface area (Å²) >= 11 is 1.37. The van der Waals surface area contributed by atoms with Crippen LogP contribution in [-0.4, -0.2) is 43.9 Å². The van der Waals surface area contributed by atoms with E-state index in [1.807, 2.05) is 0 Å². The van der Waals surface area contributed by atoms with Gasteiger partial charge in [0.1, 0.15) is 28.6 Å². The maximum atomic E-state index is 14.6. The monoisotopic (exact) mass is 416 g/mol. The molecule has 5 atom stereocenters. The average molecular weight is 416 g/mol. The summed E-state index contributed by atoms with van der Waals surface area (Å²) in [6.07, 6.45) is -1.78. The normalized spacial score (nSPS) is 28.4. The predicted octanol–water partition coefficient (Wildman–Crippen LogP) is 4.22. The van der Waals surface area contributed by atoms with Crippen LogP contribution >= 0.6 is 11.3 Å². The Hall–Kier alpha value is -2.68. The van der Waals surface area contributed by atoms with E-state index in [-0.39, 0.29) is 23.5 Å². The van der Waals surface area contributed by atoms with Crippen molar-refractivity contribution in [3.05, 3.63) is 35.8 Å². The van der Waals surface area contributed by atoms with Crippen molar-refractivity contribution in [2.24, 2.45) is 11.8 Å². The number of benzene rings is 1. The smallest absolute Gasteiger partial charge is 0.233 e. The quantitative estimate of drug-likeness (QED) is 0.686. The van der Waals surface area contributed by atoms with Gasteiger partial charge >= 0.3 is 0 Å². The summed E-state index contributed by atoms with van der Waals surface area (Å²) in [5.74, 6) is -0.159. The zero-order valence-electron chi connectivity index (χ0n) is 15.3. The first-order chi connectivity index (χ1) is 14.1. The molecule has 0 aliphatic heterocycles.